The van der Waals surface area contributed by atoms with Crippen molar-refractivity contribution in [3.8, 4) is 0 Å². The van der Waals surface area contributed by atoms with Gasteiger partial charge in [0.15, 0.2) is 0 Å². The Hall–Kier alpha value is -0.875. The van der Waals surface area contributed by atoms with E-state index in [9.17, 15) is 0 Å². The molecule has 2 fully saturated rings. The Bertz CT molecular complexity index is 367. The van der Waals surface area contributed by atoms with Gasteiger partial charge in [-0.3, -0.25) is 0 Å². The van der Waals surface area contributed by atoms with E-state index >= 15 is 0 Å². The van der Waals surface area contributed by atoms with Crippen LogP contribution in [0.2, 0.25) is 0 Å². The SMILES string of the molecule is C[C@@H]1[NH2+][B-]2(OCCO2)O[C@@H]1c1ccccc1. The van der Waals surface area contributed by atoms with Crippen molar-refractivity contribution in [1.29, 1.82) is 0 Å². The highest BCUT2D eigenvalue weighted by Crippen LogP contribution is 2.28. The molecule has 0 bridgehead atoms. The molecule has 2 saturated heterocycles. The highest BCUT2D eigenvalue weighted by atomic mass is 16.8. The first-order valence-electron chi connectivity index (χ1n) is 5.80. The monoisotopic (exact) mass is 221 g/mol. The Labute approximate surface area is 94.9 Å². The van der Waals surface area contributed by atoms with E-state index in [0.717, 1.165) is 0 Å². The summed E-state index contributed by atoms with van der Waals surface area (Å²) in [5, 5.41) is 2.07. The number of quaternary nitrogens is 1. The summed E-state index contributed by atoms with van der Waals surface area (Å²) in [6, 6.07) is 10.6. The average molecular weight is 221 g/mol. The first-order chi connectivity index (χ1) is 7.79. The Morgan fingerprint density at radius 3 is 2.56 bits per heavy atom. The van der Waals surface area contributed by atoms with Gasteiger partial charge in [-0.05, 0) is 12.5 Å². The molecule has 2 aliphatic rings. The number of hydrogen-bond donors (Lipinski definition) is 1. The zero-order valence-electron chi connectivity index (χ0n) is 9.34. The third-order valence-electron chi connectivity index (χ3n) is 3.26. The van der Waals surface area contributed by atoms with Gasteiger partial charge in [0.1, 0.15) is 0 Å². The molecule has 0 radical (unpaired) electrons. The van der Waals surface area contributed by atoms with E-state index in [0.29, 0.717) is 19.3 Å². The van der Waals surface area contributed by atoms with Crippen molar-refractivity contribution in [2.24, 2.45) is 0 Å². The van der Waals surface area contributed by atoms with E-state index in [-0.39, 0.29) is 6.10 Å². The summed E-state index contributed by atoms with van der Waals surface area (Å²) in [5.41, 5.74) is 1.18. The van der Waals surface area contributed by atoms with E-state index in [1.807, 2.05) is 18.2 Å². The van der Waals surface area contributed by atoms with Crippen LogP contribution in [0.3, 0.4) is 0 Å². The Balaban J connectivity index is 1.83. The predicted octanol–water partition coefficient (Wildman–Crippen LogP) is 0.192. The third kappa shape index (κ3) is 1.66. The number of hydrogen-bond acceptors (Lipinski definition) is 3. The Kier molecular flexibility index (Phi) is 2.48. The number of rotatable bonds is 1. The topological polar surface area (TPSA) is 44.3 Å². The van der Waals surface area contributed by atoms with Crippen LogP contribution in [-0.4, -0.2) is 26.1 Å². The molecule has 86 valence electrons. The van der Waals surface area contributed by atoms with Gasteiger partial charge in [-0.1, -0.05) is 30.3 Å². The van der Waals surface area contributed by atoms with Crippen molar-refractivity contribution in [2.75, 3.05) is 13.2 Å². The molecule has 2 atom stereocenters. The fraction of sp³-hybridized carbons (Fsp3) is 0.455. The molecule has 2 N–H and O–H groups in total. The van der Waals surface area contributed by atoms with Gasteiger partial charge in [0.2, 0.25) is 0 Å². The lowest BCUT2D eigenvalue weighted by Crippen LogP contribution is -3.01. The quantitative estimate of drug-likeness (QED) is 0.688. The molecule has 2 aliphatic heterocycles. The van der Waals surface area contributed by atoms with E-state index in [4.69, 9.17) is 14.0 Å². The number of benzene rings is 1. The second-order valence-electron chi connectivity index (χ2n) is 4.46. The molecular weight excluding hydrogens is 205 g/mol. The molecule has 2 heterocycles. The van der Waals surface area contributed by atoms with Crippen molar-refractivity contribution in [3.05, 3.63) is 35.9 Å². The normalized spacial score (nSPS) is 32.3. The Morgan fingerprint density at radius 1 is 1.19 bits per heavy atom. The molecular formula is C11H16BNO3. The second-order valence-corrected chi connectivity index (χ2v) is 4.46. The fourth-order valence-corrected chi connectivity index (χ4v) is 2.53. The minimum absolute atomic E-state index is 0.0549. The largest absolute Gasteiger partial charge is 0.622 e. The standard InChI is InChI=1S/C11H16BNO3/c1-9-11(10-5-3-2-4-6-10)16-12(13-9)14-7-8-15-12/h2-6,9,11H,7-8,13H2,1H3/t9-,11-/m0/s1. The Morgan fingerprint density at radius 2 is 1.88 bits per heavy atom. The van der Waals surface area contributed by atoms with Crippen molar-refractivity contribution in [3.63, 3.8) is 0 Å². The second kappa shape index (κ2) is 3.85. The summed E-state index contributed by atoms with van der Waals surface area (Å²) in [5.74, 6) is 0. The van der Waals surface area contributed by atoms with Gasteiger partial charge >= 0.3 is 6.89 Å². The van der Waals surface area contributed by atoms with Crippen LogP contribution in [0.4, 0.5) is 0 Å². The van der Waals surface area contributed by atoms with Crippen LogP contribution in [0.1, 0.15) is 18.6 Å². The predicted molar refractivity (Wildman–Crippen MR) is 59.3 cm³/mol. The van der Waals surface area contributed by atoms with Crippen LogP contribution in [0.25, 0.3) is 0 Å². The van der Waals surface area contributed by atoms with Gasteiger partial charge in [-0.2, -0.15) is 0 Å². The van der Waals surface area contributed by atoms with Crippen LogP contribution in [0, 0.1) is 0 Å². The number of nitrogens with two attached hydrogens (primary N) is 1. The van der Waals surface area contributed by atoms with Crippen LogP contribution < -0.4 is 5.23 Å². The maximum Gasteiger partial charge on any atom is 0.622 e. The molecule has 1 spiro atoms. The first kappa shape index (κ1) is 10.3. The molecule has 4 nitrogen and oxygen atoms in total. The van der Waals surface area contributed by atoms with E-state index in [2.05, 4.69) is 24.3 Å². The van der Waals surface area contributed by atoms with Crippen LogP contribution in [-0.2, 0) is 14.0 Å². The van der Waals surface area contributed by atoms with Gasteiger partial charge in [-0.15, -0.1) is 0 Å². The summed E-state index contributed by atoms with van der Waals surface area (Å²) in [6.07, 6.45) is 0.0549. The van der Waals surface area contributed by atoms with E-state index in [1.54, 1.807) is 0 Å². The fourth-order valence-electron chi connectivity index (χ4n) is 2.53. The zero-order chi connectivity index (χ0) is 11.0. The molecule has 5 heteroatoms. The third-order valence-corrected chi connectivity index (χ3v) is 3.26. The summed E-state index contributed by atoms with van der Waals surface area (Å²) in [7, 11) is 0. The molecule has 16 heavy (non-hydrogen) atoms. The maximum absolute atomic E-state index is 5.97. The highest BCUT2D eigenvalue weighted by Gasteiger charge is 2.52. The molecule has 0 unspecified atom stereocenters. The lowest BCUT2D eigenvalue weighted by atomic mass is 9.99. The molecule has 1 aromatic rings. The summed E-state index contributed by atoms with van der Waals surface area (Å²) < 4.78 is 17.1. The van der Waals surface area contributed by atoms with Gasteiger partial charge in [0, 0.05) is 13.2 Å². The first-order valence-corrected chi connectivity index (χ1v) is 5.80. The molecule has 1 aromatic carbocycles. The van der Waals surface area contributed by atoms with E-state index < -0.39 is 6.89 Å². The zero-order valence-corrected chi connectivity index (χ0v) is 9.34. The summed E-state index contributed by atoms with van der Waals surface area (Å²) >= 11 is 0. The molecule has 0 saturated carbocycles. The average Bonchev–Trinajstić information content (AvgIpc) is 2.88. The minimum atomic E-state index is -1.57. The lowest BCUT2D eigenvalue weighted by Gasteiger charge is -2.22. The van der Waals surface area contributed by atoms with Crippen molar-refractivity contribution >= 4 is 6.89 Å². The van der Waals surface area contributed by atoms with Crippen molar-refractivity contribution in [1.82, 2.24) is 0 Å². The van der Waals surface area contributed by atoms with Gasteiger partial charge < -0.3 is 19.2 Å². The molecule has 3 rings (SSSR count). The lowest BCUT2D eigenvalue weighted by molar-refractivity contribution is -0.584. The van der Waals surface area contributed by atoms with Gasteiger partial charge in [0.25, 0.3) is 0 Å². The highest BCUT2D eigenvalue weighted by molar-refractivity contribution is 6.51. The molecule has 0 amide bonds. The summed E-state index contributed by atoms with van der Waals surface area (Å²) in [6.45, 7) is 1.83. The van der Waals surface area contributed by atoms with Crippen LogP contribution >= 0.6 is 0 Å². The molecule has 0 aromatic heterocycles. The minimum Gasteiger partial charge on any atom is -0.484 e. The van der Waals surface area contributed by atoms with Crippen LogP contribution in [0.5, 0.6) is 0 Å². The molecule has 0 aliphatic carbocycles. The summed E-state index contributed by atoms with van der Waals surface area (Å²) in [4.78, 5) is 0. The van der Waals surface area contributed by atoms with Crippen molar-refractivity contribution in [2.45, 2.75) is 19.1 Å². The maximum atomic E-state index is 5.97. The van der Waals surface area contributed by atoms with Crippen molar-refractivity contribution < 1.29 is 19.2 Å². The van der Waals surface area contributed by atoms with E-state index in [1.165, 1.54) is 5.56 Å². The smallest absolute Gasteiger partial charge is 0.484 e. The van der Waals surface area contributed by atoms with Crippen LogP contribution in [0.15, 0.2) is 30.3 Å². The van der Waals surface area contributed by atoms with Gasteiger partial charge in [-0.25, -0.2) is 0 Å². The van der Waals surface area contributed by atoms with Gasteiger partial charge in [0.05, 0.1) is 12.1 Å².